The molecule has 10 nitrogen and oxygen atoms in total. The van der Waals surface area contributed by atoms with Gasteiger partial charge in [0.05, 0.1) is 6.04 Å². The molecule has 0 radical (unpaired) electrons. The number of carbonyl (C=O) groups excluding carboxylic acids is 5. The molecule has 3 N–H and O–H groups in total. The Morgan fingerprint density at radius 3 is 1.89 bits per heavy atom. The Labute approximate surface area is 271 Å². The summed E-state index contributed by atoms with van der Waals surface area (Å²) in [7, 11) is 0. The van der Waals surface area contributed by atoms with Gasteiger partial charge in [0.25, 0.3) is 0 Å². The fraction of sp³-hybridized carbons (Fsp3) is 0.857. The van der Waals surface area contributed by atoms with Crippen molar-refractivity contribution in [2.24, 2.45) is 0 Å². The predicted molar refractivity (Wildman–Crippen MR) is 176 cm³/mol. The third-order valence-corrected chi connectivity index (χ3v) is 9.77. The van der Waals surface area contributed by atoms with Crippen molar-refractivity contribution in [1.29, 1.82) is 0 Å². The summed E-state index contributed by atoms with van der Waals surface area (Å²) in [4.78, 5) is 68.4. The fourth-order valence-electron chi connectivity index (χ4n) is 7.06. The Morgan fingerprint density at radius 1 is 0.733 bits per heavy atom. The number of nitrogens with one attached hydrogen (secondary N) is 3. The summed E-state index contributed by atoms with van der Waals surface area (Å²) in [5.41, 5.74) is 0. The molecule has 0 spiro atoms. The van der Waals surface area contributed by atoms with E-state index in [9.17, 15) is 24.0 Å². The van der Waals surface area contributed by atoms with Gasteiger partial charge in [-0.05, 0) is 64.8 Å². The molecule has 3 fully saturated rings. The number of nitrogens with zero attached hydrogens (tertiary/aromatic N) is 2. The van der Waals surface area contributed by atoms with Crippen LogP contribution in [0.15, 0.2) is 0 Å². The average molecular weight is 632 g/mol. The number of hydrogen-bond donors (Lipinski definition) is 3. The minimum absolute atomic E-state index is 0.0160. The van der Waals surface area contributed by atoms with Crippen molar-refractivity contribution in [3.63, 3.8) is 0 Å². The molecule has 0 saturated carbocycles. The predicted octanol–water partition coefficient (Wildman–Crippen LogP) is 4.39. The Hall–Kier alpha value is -2.49. The third kappa shape index (κ3) is 12.3. The van der Waals surface area contributed by atoms with Gasteiger partial charge in [-0.15, -0.1) is 0 Å². The topological polar surface area (TPSA) is 128 Å². The maximum absolute atomic E-state index is 13.7. The van der Waals surface area contributed by atoms with Crippen molar-refractivity contribution < 1.29 is 24.0 Å². The fourth-order valence-corrected chi connectivity index (χ4v) is 7.06. The van der Waals surface area contributed by atoms with E-state index in [1.165, 1.54) is 64.7 Å². The molecule has 3 saturated heterocycles. The monoisotopic (exact) mass is 631 g/mol. The minimum Gasteiger partial charge on any atom is -0.354 e. The molecular weight excluding hydrogens is 570 g/mol. The SMILES string of the molecule is CCCCCCCCCCCCCCNC(=O)C(CCC(C)=O)NC(=O)C1CCCN1C(=O)C1CCCN1C(=O)C1CCCN1. The lowest BCUT2D eigenvalue weighted by Gasteiger charge is -2.32. The largest absolute Gasteiger partial charge is 0.354 e. The number of hydrogen-bond acceptors (Lipinski definition) is 6. The summed E-state index contributed by atoms with van der Waals surface area (Å²) in [6, 6.07) is -2.27. The summed E-state index contributed by atoms with van der Waals surface area (Å²) < 4.78 is 0. The van der Waals surface area contributed by atoms with Gasteiger partial charge in [0.2, 0.25) is 23.6 Å². The lowest BCUT2D eigenvalue weighted by Crippen LogP contribution is -2.57. The minimum atomic E-state index is -0.825. The van der Waals surface area contributed by atoms with Crippen molar-refractivity contribution >= 4 is 29.4 Å². The molecule has 4 atom stereocenters. The van der Waals surface area contributed by atoms with Crippen LogP contribution in [-0.4, -0.2) is 89.6 Å². The molecule has 0 bridgehead atoms. The van der Waals surface area contributed by atoms with E-state index in [4.69, 9.17) is 0 Å². The molecule has 3 aliphatic heterocycles. The number of likely N-dealkylation sites (tertiary alicyclic amines) is 2. The van der Waals surface area contributed by atoms with E-state index in [1.54, 1.807) is 9.80 Å². The van der Waals surface area contributed by atoms with Gasteiger partial charge in [0, 0.05) is 26.1 Å². The molecule has 0 aromatic carbocycles. The second-order valence-corrected chi connectivity index (χ2v) is 13.5. The first kappa shape index (κ1) is 37.0. The molecule has 0 aliphatic carbocycles. The van der Waals surface area contributed by atoms with Gasteiger partial charge < -0.3 is 30.5 Å². The Kier molecular flexibility index (Phi) is 16.9. The lowest BCUT2D eigenvalue weighted by atomic mass is 10.1. The van der Waals surface area contributed by atoms with Crippen LogP contribution in [0.25, 0.3) is 0 Å². The van der Waals surface area contributed by atoms with Crippen LogP contribution in [0.3, 0.4) is 0 Å². The quantitative estimate of drug-likeness (QED) is 0.161. The molecular formula is C35H61N5O5. The van der Waals surface area contributed by atoms with E-state index in [2.05, 4.69) is 22.9 Å². The second-order valence-electron chi connectivity index (χ2n) is 13.5. The summed E-state index contributed by atoms with van der Waals surface area (Å²) in [5, 5.41) is 9.08. The third-order valence-electron chi connectivity index (χ3n) is 9.77. The Balaban J connectivity index is 1.42. The molecule has 4 unspecified atom stereocenters. The highest BCUT2D eigenvalue weighted by Crippen LogP contribution is 2.26. The van der Waals surface area contributed by atoms with E-state index in [1.807, 2.05) is 0 Å². The molecule has 0 aromatic heterocycles. The van der Waals surface area contributed by atoms with Gasteiger partial charge >= 0.3 is 0 Å². The second kappa shape index (κ2) is 20.6. The summed E-state index contributed by atoms with van der Waals surface area (Å²) >= 11 is 0. The molecule has 10 heteroatoms. The van der Waals surface area contributed by atoms with Crippen LogP contribution in [0.2, 0.25) is 0 Å². The van der Waals surface area contributed by atoms with Crippen molar-refractivity contribution in [1.82, 2.24) is 25.8 Å². The van der Waals surface area contributed by atoms with Crippen LogP contribution in [0.4, 0.5) is 0 Å². The molecule has 3 aliphatic rings. The van der Waals surface area contributed by atoms with Crippen LogP contribution in [-0.2, 0) is 24.0 Å². The molecule has 3 heterocycles. The molecule has 0 aromatic rings. The zero-order chi connectivity index (χ0) is 32.4. The molecule has 256 valence electrons. The summed E-state index contributed by atoms with van der Waals surface area (Å²) in [6.07, 6.45) is 19.7. The first-order valence-corrected chi connectivity index (χ1v) is 18.2. The molecule has 4 amide bonds. The maximum atomic E-state index is 13.7. The Morgan fingerprint density at radius 2 is 1.31 bits per heavy atom. The van der Waals surface area contributed by atoms with E-state index >= 15 is 0 Å². The number of Topliss-reactive ketones (excluding diaryl/α,β-unsaturated/α-hetero) is 1. The first-order chi connectivity index (χ1) is 21.8. The van der Waals surface area contributed by atoms with Crippen LogP contribution < -0.4 is 16.0 Å². The van der Waals surface area contributed by atoms with Gasteiger partial charge in [-0.2, -0.15) is 0 Å². The zero-order valence-corrected chi connectivity index (χ0v) is 28.2. The number of amides is 4. The standard InChI is InChI=1S/C35H61N5O5/c1-3-4-5-6-7-8-9-10-11-12-13-14-23-37-32(42)28(22-21-27(2)41)38-33(43)30-19-16-25-39(30)35(45)31-20-17-26-40(31)34(44)29-18-15-24-36-29/h28-31,36H,3-26H2,1-2H3,(H,37,42)(H,38,43). The highest BCUT2D eigenvalue weighted by atomic mass is 16.2. The van der Waals surface area contributed by atoms with E-state index in [-0.39, 0.29) is 48.3 Å². The van der Waals surface area contributed by atoms with E-state index in [0.29, 0.717) is 38.9 Å². The zero-order valence-electron chi connectivity index (χ0n) is 28.2. The van der Waals surface area contributed by atoms with Crippen LogP contribution in [0.1, 0.15) is 142 Å². The van der Waals surface area contributed by atoms with Crippen molar-refractivity contribution in [2.75, 3.05) is 26.2 Å². The molecule has 45 heavy (non-hydrogen) atoms. The smallest absolute Gasteiger partial charge is 0.246 e. The number of carbonyl (C=O) groups is 5. The van der Waals surface area contributed by atoms with Gasteiger partial charge in [0.15, 0.2) is 0 Å². The van der Waals surface area contributed by atoms with Crippen LogP contribution in [0.5, 0.6) is 0 Å². The van der Waals surface area contributed by atoms with Gasteiger partial charge in [0.1, 0.15) is 23.9 Å². The Bertz CT molecular complexity index is 953. The van der Waals surface area contributed by atoms with Gasteiger partial charge in [-0.25, -0.2) is 0 Å². The number of rotatable bonds is 21. The summed E-state index contributed by atoms with van der Waals surface area (Å²) in [6.45, 7) is 6.10. The van der Waals surface area contributed by atoms with Crippen molar-refractivity contribution in [3.05, 3.63) is 0 Å². The average Bonchev–Trinajstić information content (AvgIpc) is 3.83. The molecule has 3 rings (SSSR count). The van der Waals surface area contributed by atoms with Crippen molar-refractivity contribution in [3.8, 4) is 0 Å². The van der Waals surface area contributed by atoms with E-state index in [0.717, 1.165) is 45.1 Å². The first-order valence-electron chi connectivity index (χ1n) is 18.2. The van der Waals surface area contributed by atoms with Crippen molar-refractivity contribution in [2.45, 2.75) is 166 Å². The summed E-state index contributed by atoms with van der Waals surface area (Å²) in [5.74, 6) is -0.863. The highest BCUT2D eigenvalue weighted by molar-refractivity contribution is 5.95. The number of ketones is 1. The van der Waals surface area contributed by atoms with E-state index < -0.39 is 18.1 Å². The number of unbranched alkanes of at least 4 members (excludes halogenated alkanes) is 11. The van der Waals surface area contributed by atoms with Gasteiger partial charge in [-0.1, -0.05) is 77.6 Å². The lowest BCUT2D eigenvalue weighted by molar-refractivity contribution is -0.147. The normalized spacial score (nSPS) is 22.0. The van der Waals surface area contributed by atoms with Crippen LogP contribution in [0, 0.1) is 0 Å². The van der Waals surface area contributed by atoms with Gasteiger partial charge in [-0.3, -0.25) is 19.2 Å². The highest BCUT2D eigenvalue weighted by Gasteiger charge is 2.44. The maximum Gasteiger partial charge on any atom is 0.246 e. The van der Waals surface area contributed by atoms with Crippen LogP contribution >= 0.6 is 0 Å².